The minimum Gasteiger partial charge on any atom is -0.444 e. The summed E-state index contributed by atoms with van der Waals surface area (Å²) >= 11 is 0. The van der Waals surface area contributed by atoms with Gasteiger partial charge in [0.05, 0.1) is 0 Å². The number of oxime groups is 1. The molecule has 2 amide bonds. The monoisotopic (exact) mass is 285 g/mol. The summed E-state index contributed by atoms with van der Waals surface area (Å²) in [4.78, 5) is 23.5. The van der Waals surface area contributed by atoms with Crippen LogP contribution >= 0.6 is 0 Å². The Morgan fingerprint density at radius 2 is 1.95 bits per heavy atom. The van der Waals surface area contributed by atoms with Gasteiger partial charge in [0, 0.05) is 12.0 Å². The highest BCUT2D eigenvalue weighted by Crippen LogP contribution is 2.26. The van der Waals surface area contributed by atoms with Gasteiger partial charge in [-0.1, -0.05) is 5.16 Å². The van der Waals surface area contributed by atoms with E-state index in [0.29, 0.717) is 12.8 Å². The average Bonchev–Trinajstić information content (AvgIpc) is 2.74. The first-order chi connectivity index (χ1) is 9.21. The Bertz CT molecular complexity index is 401. The van der Waals surface area contributed by atoms with Crippen molar-refractivity contribution in [3.63, 3.8) is 0 Å². The predicted molar refractivity (Wildman–Crippen MR) is 73.5 cm³/mol. The van der Waals surface area contributed by atoms with E-state index in [-0.39, 0.29) is 23.7 Å². The van der Waals surface area contributed by atoms with Crippen molar-refractivity contribution in [3.05, 3.63) is 0 Å². The first-order valence-corrected chi connectivity index (χ1v) is 6.70. The standard InChI is InChI=1S/C13H23N3O4/c1-8(16-19)14-11(17)9-5-6-10(7-9)15-12(18)20-13(2,3)4/h9-10,19H,5-7H2,1-4H3,(H,15,18)(H,14,16,17)/t9-,10+/m0/s1. The highest BCUT2D eigenvalue weighted by molar-refractivity contribution is 5.97. The van der Waals surface area contributed by atoms with E-state index < -0.39 is 11.7 Å². The number of carbonyl (C=O) groups is 2. The number of alkyl carbamates (subject to hydrolysis) is 1. The lowest BCUT2D eigenvalue weighted by atomic mass is 10.1. The van der Waals surface area contributed by atoms with Gasteiger partial charge in [0.15, 0.2) is 0 Å². The third-order valence-electron chi connectivity index (χ3n) is 2.98. The number of carbonyl (C=O) groups excluding carboxylic acids is 2. The lowest BCUT2D eigenvalue weighted by Gasteiger charge is -2.21. The lowest BCUT2D eigenvalue weighted by molar-refractivity contribution is -0.123. The van der Waals surface area contributed by atoms with Crippen molar-refractivity contribution in [2.75, 3.05) is 0 Å². The van der Waals surface area contributed by atoms with Gasteiger partial charge in [-0.15, -0.1) is 0 Å². The Kier molecular flexibility index (Phi) is 5.35. The molecule has 0 heterocycles. The number of ether oxygens (including phenoxy) is 1. The molecule has 1 aliphatic carbocycles. The van der Waals surface area contributed by atoms with Crippen molar-refractivity contribution in [2.45, 2.75) is 58.6 Å². The fourth-order valence-electron chi connectivity index (χ4n) is 2.13. The average molecular weight is 285 g/mol. The Labute approximate surface area is 118 Å². The van der Waals surface area contributed by atoms with E-state index in [1.165, 1.54) is 6.92 Å². The largest absolute Gasteiger partial charge is 0.444 e. The molecule has 114 valence electrons. The summed E-state index contributed by atoms with van der Waals surface area (Å²) in [6.07, 6.45) is 1.51. The van der Waals surface area contributed by atoms with E-state index in [2.05, 4.69) is 15.8 Å². The first-order valence-electron chi connectivity index (χ1n) is 6.70. The molecule has 0 aliphatic heterocycles. The van der Waals surface area contributed by atoms with Gasteiger partial charge in [-0.3, -0.25) is 4.79 Å². The highest BCUT2D eigenvalue weighted by atomic mass is 16.6. The van der Waals surface area contributed by atoms with Gasteiger partial charge in [0.1, 0.15) is 11.4 Å². The van der Waals surface area contributed by atoms with Crippen LogP contribution in [0.3, 0.4) is 0 Å². The van der Waals surface area contributed by atoms with Crippen molar-refractivity contribution < 1.29 is 19.5 Å². The van der Waals surface area contributed by atoms with E-state index in [0.717, 1.165) is 6.42 Å². The fraction of sp³-hybridized carbons (Fsp3) is 0.769. The predicted octanol–water partition coefficient (Wildman–Crippen LogP) is 1.60. The number of hydrogen-bond acceptors (Lipinski definition) is 5. The van der Waals surface area contributed by atoms with Crippen LogP contribution in [-0.2, 0) is 9.53 Å². The van der Waals surface area contributed by atoms with Crippen LogP contribution in [0.5, 0.6) is 0 Å². The summed E-state index contributed by atoms with van der Waals surface area (Å²) in [5.41, 5.74) is -0.534. The van der Waals surface area contributed by atoms with Gasteiger partial charge in [0.2, 0.25) is 5.91 Å². The van der Waals surface area contributed by atoms with Crippen LogP contribution in [0.4, 0.5) is 4.79 Å². The zero-order chi connectivity index (χ0) is 15.3. The second kappa shape index (κ2) is 6.58. The fourth-order valence-corrected chi connectivity index (χ4v) is 2.13. The Hall–Kier alpha value is -1.79. The minimum absolute atomic E-state index is 0.0630. The molecule has 0 bridgehead atoms. The molecular weight excluding hydrogens is 262 g/mol. The van der Waals surface area contributed by atoms with E-state index in [4.69, 9.17) is 9.94 Å². The summed E-state index contributed by atoms with van der Waals surface area (Å²) in [5.74, 6) is -0.209. The Balaban J connectivity index is 2.40. The number of amides is 2. The van der Waals surface area contributed by atoms with Crippen molar-refractivity contribution in [3.8, 4) is 0 Å². The topological polar surface area (TPSA) is 100 Å². The maximum Gasteiger partial charge on any atom is 0.407 e. The maximum absolute atomic E-state index is 11.8. The normalized spacial score (nSPS) is 23.3. The summed E-state index contributed by atoms with van der Waals surface area (Å²) < 4.78 is 5.17. The van der Waals surface area contributed by atoms with Crippen molar-refractivity contribution in [1.29, 1.82) is 0 Å². The molecule has 0 aromatic rings. The van der Waals surface area contributed by atoms with Crippen LogP contribution in [0, 0.1) is 5.92 Å². The van der Waals surface area contributed by atoms with Gasteiger partial charge >= 0.3 is 6.09 Å². The molecule has 20 heavy (non-hydrogen) atoms. The molecule has 0 spiro atoms. The molecule has 7 heteroatoms. The van der Waals surface area contributed by atoms with E-state index in [9.17, 15) is 9.59 Å². The molecule has 0 radical (unpaired) electrons. The zero-order valence-electron chi connectivity index (χ0n) is 12.4. The SMILES string of the molecule is C/C(=N\O)NC(=O)[C@H]1CC[C@@H](NC(=O)OC(C)(C)C)C1. The van der Waals surface area contributed by atoms with Gasteiger partial charge in [-0.05, 0) is 47.0 Å². The van der Waals surface area contributed by atoms with Crippen molar-refractivity contribution >= 4 is 17.8 Å². The summed E-state index contributed by atoms with van der Waals surface area (Å²) in [6.45, 7) is 6.90. The number of hydrogen-bond donors (Lipinski definition) is 3. The first kappa shape index (κ1) is 16.3. The molecule has 0 aromatic heterocycles. The minimum atomic E-state index is -0.534. The third-order valence-corrected chi connectivity index (χ3v) is 2.98. The van der Waals surface area contributed by atoms with Crippen LogP contribution in [0.2, 0.25) is 0 Å². The van der Waals surface area contributed by atoms with Crippen molar-refractivity contribution in [1.82, 2.24) is 10.6 Å². The van der Waals surface area contributed by atoms with Crippen LogP contribution in [0.1, 0.15) is 47.0 Å². The van der Waals surface area contributed by atoms with E-state index in [1.807, 2.05) is 0 Å². The summed E-state index contributed by atoms with van der Waals surface area (Å²) in [5, 5.41) is 16.7. The quantitative estimate of drug-likeness (QED) is 0.310. The number of rotatable bonds is 2. The van der Waals surface area contributed by atoms with Crippen molar-refractivity contribution in [2.24, 2.45) is 11.1 Å². The van der Waals surface area contributed by atoms with Gasteiger partial charge in [-0.2, -0.15) is 0 Å². The molecular formula is C13H23N3O4. The lowest BCUT2D eigenvalue weighted by Crippen LogP contribution is -2.39. The van der Waals surface area contributed by atoms with Crippen LogP contribution in [0.15, 0.2) is 5.16 Å². The molecule has 1 saturated carbocycles. The molecule has 7 nitrogen and oxygen atoms in total. The number of nitrogens with one attached hydrogen (secondary N) is 2. The summed E-state index contributed by atoms with van der Waals surface area (Å²) in [6, 6.07) is -0.0630. The Morgan fingerprint density at radius 3 is 2.50 bits per heavy atom. The maximum atomic E-state index is 11.8. The molecule has 3 N–H and O–H groups in total. The Morgan fingerprint density at radius 1 is 1.30 bits per heavy atom. The summed E-state index contributed by atoms with van der Waals surface area (Å²) in [7, 11) is 0. The van der Waals surface area contributed by atoms with Crippen LogP contribution in [-0.4, -0.2) is 34.7 Å². The highest BCUT2D eigenvalue weighted by Gasteiger charge is 2.31. The molecule has 0 aromatic carbocycles. The molecule has 1 aliphatic rings. The van der Waals surface area contributed by atoms with E-state index >= 15 is 0 Å². The van der Waals surface area contributed by atoms with Gasteiger partial charge < -0.3 is 20.6 Å². The molecule has 2 atom stereocenters. The molecule has 0 unspecified atom stereocenters. The van der Waals surface area contributed by atoms with Crippen LogP contribution < -0.4 is 10.6 Å². The second-order valence-electron chi connectivity index (χ2n) is 6.03. The molecule has 0 saturated heterocycles. The number of nitrogens with zero attached hydrogens (tertiary/aromatic N) is 1. The van der Waals surface area contributed by atoms with Gasteiger partial charge in [-0.25, -0.2) is 4.79 Å². The second-order valence-corrected chi connectivity index (χ2v) is 6.03. The molecule has 1 rings (SSSR count). The van der Waals surface area contributed by atoms with E-state index in [1.54, 1.807) is 20.8 Å². The molecule has 1 fully saturated rings. The smallest absolute Gasteiger partial charge is 0.407 e. The van der Waals surface area contributed by atoms with Gasteiger partial charge in [0.25, 0.3) is 0 Å². The third kappa shape index (κ3) is 5.46. The number of amidine groups is 1. The zero-order valence-corrected chi connectivity index (χ0v) is 12.4. The van der Waals surface area contributed by atoms with Crippen LogP contribution in [0.25, 0.3) is 0 Å².